The summed E-state index contributed by atoms with van der Waals surface area (Å²) in [6, 6.07) is 0. The first-order valence-corrected chi connectivity index (χ1v) is 24.6. The fraction of sp³-hybridized carbons (Fsp3) is 0.627. The van der Waals surface area contributed by atoms with E-state index in [0.717, 1.165) is 109 Å². The minimum Gasteiger partial charge on any atom is -0.457 e. The molecule has 0 saturated carbocycles. The summed E-state index contributed by atoms with van der Waals surface area (Å²) in [5, 5.41) is 0. The number of nitrogens with zero attached hydrogens (tertiary/aromatic N) is 1. The molecule has 9 heteroatoms. The maximum absolute atomic E-state index is 12.7. The molecule has 0 spiro atoms. The van der Waals surface area contributed by atoms with Gasteiger partial charge in [-0.15, -0.1) is 0 Å². The van der Waals surface area contributed by atoms with Gasteiger partial charge < -0.3 is 18.9 Å². The zero-order valence-corrected chi connectivity index (χ0v) is 39.5. The predicted octanol–water partition coefficient (Wildman–Crippen LogP) is 14.0. The fourth-order valence-electron chi connectivity index (χ4n) is 5.49. The maximum Gasteiger partial charge on any atom is 0.472 e. The molecule has 8 nitrogen and oxygen atoms in total. The zero-order valence-electron chi connectivity index (χ0n) is 38.6. The second kappa shape index (κ2) is 42.8. The van der Waals surface area contributed by atoms with Crippen molar-refractivity contribution in [2.75, 3.05) is 54.1 Å². The van der Waals surface area contributed by atoms with Crippen molar-refractivity contribution in [1.82, 2.24) is 0 Å². The van der Waals surface area contributed by atoms with Gasteiger partial charge in [-0.1, -0.05) is 155 Å². The first kappa shape index (κ1) is 57.2. The molecule has 0 fully saturated rings. The summed E-state index contributed by atoms with van der Waals surface area (Å²) in [5.41, 5.74) is 0. The van der Waals surface area contributed by atoms with Crippen molar-refractivity contribution < 1.29 is 37.3 Å². The van der Waals surface area contributed by atoms with Gasteiger partial charge in [0.25, 0.3) is 0 Å². The van der Waals surface area contributed by atoms with Gasteiger partial charge in [-0.05, 0) is 96.3 Å². The minimum absolute atomic E-state index is 0.0703. The molecule has 0 radical (unpaired) electrons. The normalized spacial score (nSPS) is 14.7. The monoisotopic (exact) mass is 857 g/mol. The number of allylic oxidation sites excluding steroid dienone is 18. The summed E-state index contributed by atoms with van der Waals surface area (Å²) in [6.07, 6.45) is 59.9. The number of likely N-dealkylation sites (N-methyl/N-ethyl adjacent to an activating group) is 1. The second-order valence-corrected chi connectivity index (χ2v) is 17.5. The molecule has 60 heavy (non-hydrogen) atoms. The zero-order chi connectivity index (χ0) is 44.1. The van der Waals surface area contributed by atoms with E-state index >= 15 is 0 Å². The summed E-state index contributed by atoms with van der Waals surface area (Å²) in [4.78, 5) is 22.9. The number of carbonyl (C=O) groups excluding carboxylic acids is 1. The number of quaternary nitrogens is 1. The number of phosphoric ester groups is 1. The van der Waals surface area contributed by atoms with Gasteiger partial charge in [0.05, 0.1) is 34.4 Å². The molecule has 0 aromatic heterocycles. The Labute approximate surface area is 368 Å². The Balaban J connectivity index is 4.34. The molecule has 0 rings (SSSR count). The van der Waals surface area contributed by atoms with Crippen LogP contribution < -0.4 is 0 Å². The van der Waals surface area contributed by atoms with Gasteiger partial charge in [-0.3, -0.25) is 13.8 Å². The third kappa shape index (κ3) is 46.2. The number of esters is 1. The Morgan fingerprint density at radius 3 is 1.45 bits per heavy atom. The van der Waals surface area contributed by atoms with E-state index in [2.05, 4.69) is 123 Å². The molecule has 0 bridgehead atoms. The third-order valence-electron chi connectivity index (χ3n) is 9.07. The van der Waals surface area contributed by atoms with E-state index in [1.54, 1.807) is 0 Å². The first-order valence-electron chi connectivity index (χ1n) is 23.1. The SMILES string of the molecule is CC/C=C\C/C=C\C/C=C\C/C=C\C/C=C\C/C=C\C/C=C\CCCCOCC(COP(=O)(O)OCC[N+](C)(C)C)OC(=O)CCCCCCC/C=C\C/C=C\CCCC. The van der Waals surface area contributed by atoms with E-state index in [1.807, 2.05) is 21.1 Å². The number of rotatable bonds is 41. The van der Waals surface area contributed by atoms with Gasteiger partial charge in [0.15, 0.2) is 0 Å². The molecular formula is C51H87NO7P+. The standard InChI is InChI=1S/C51H86NO7P/c1-6-8-10-12-14-16-18-20-22-23-24-25-26-27-28-29-30-31-33-35-37-39-41-43-46-56-48-50(49-58-60(54,55)57-47-45-52(3,4)5)59-51(53)44-42-40-38-36-34-32-21-19-17-15-13-11-9-7-2/h8,10,13-16,19-22,24-25,27-28,30-31,35,37,50H,6-7,9,11-12,17-18,23,26,29,32-34,36,38-49H2,1-5H3/p+1/b10-8-,15-13-,16-14-,21-19-,22-20-,25-24-,28-27-,31-30-,37-35-. The average molecular weight is 857 g/mol. The third-order valence-corrected chi connectivity index (χ3v) is 10.1. The lowest BCUT2D eigenvalue weighted by Crippen LogP contribution is -2.37. The number of carbonyl (C=O) groups is 1. The topological polar surface area (TPSA) is 91.3 Å². The van der Waals surface area contributed by atoms with Crippen LogP contribution in [0.4, 0.5) is 0 Å². The summed E-state index contributed by atoms with van der Waals surface area (Å²) in [5.74, 6) is -0.349. The van der Waals surface area contributed by atoms with E-state index in [9.17, 15) is 14.3 Å². The van der Waals surface area contributed by atoms with Crippen molar-refractivity contribution in [3.8, 4) is 0 Å². The van der Waals surface area contributed by atoms with Crippen LogP contribution in [0, 0.1) is 0 Å². The molecule has 2 atom stereocenters. The van der Waals surface area contributed by atoms with Crippen molar-refractivity contribution in [3.05, 3.63) is 109 Å². The molecule has 0 aromatic carbocycles. The lowest BCUT2D eigenvalue weighted by molar-refractivity contribution is -0.870. The molecule has 0 saturated heterocycles. The number of hydrogen-bond acceptors (Lipinski definition) is 6. The van der Waals surface area contributed by atoms with Crippen LogP contribution >= 0.6 is 7.82 Å². The Morgan fingerprint density at radius 1 is 0.533 bits per heavy atom. The predicted molar refractivity (Wildman–Crippen MR) is 256 cm³/mol. The largest absolute Gasteiger partial charge is 0.472 e. The Kier molecular flexibility index (Phi) is 40.8. The molecule has 0 aliphatic heterocycles. The Bertz CT molecular complexity index is 1320. The molecule has 0 aliphatic rings. The lowest BCUT2D eigenvalue weighted by atomic mass is 10.1. The molecule has 1 N–H and O–H groups in total. The van der Waals surface area contributed by atoms with Crippen LogP contribution in [0.15, 0.2) is 109 Å². The second-order valence-electron chi connectivity index (χ2n) is 16.0. The van der Waals surface area contributed by atoms with Gasteiger partial charge in [-0.2, -0.15) is 0 Å². The maximum atomic E-state index is 12.7. The van der Waals surface area contributed by atoms with Crippen LogP contribution in [0.2, 0.25) is 0 Å². The quantitative estimate of drug-likeness (QED) is 0.0215. The van der Waals surface area contributed by atoms with Gasteiger partial charge in [0.1, 0.15) is 19.3 Å². The van der Waals surface area contributed by atoms with E-state index < -0.39 is 13.9 Å². The van der Waals surface area contributed by atoms with Crippen LogP contribution in [-0.2, 0) is 27.9 Å². The Hall–Kier alpha value is -2.84. The highest BCUT2D eigenvalue weighted by atomic mass is 31.2. The summed E-state index contributed by atoms with van der Waals surface area (Å²) < 4.78 is 34.9. The van der Waals surface area contributed by atoms with Crippen molar-refractivity contribution >= 4 is 13.8 Å². The van der Waals surface area contributed by atoms with Gasteiger partial charge >= 0.3 is 13.8 Å². The van der Waals surface area contributed by atoms with E-state index in [4.69, 9.17) is 18.5 Å². The summed E-state index contributed by atoms with van der Waals surface area (Å²) in [6.45, 7) is 5.29. The van der Waals surface area contributed by atoms with Gasteiger partial charge in [0, 0.05) is 13.0 Å². The molecule has 0 aromatic rings. The van der Waals surface area contributed by atoms with E-state index in [0.29, 0.717) is 24.1 Å². The summed E-state index contributed by atoms with van der Waals surface area (Å²) in [7, 11) is 1.61. The average Bonchev–Trinajstić information content (AvgIpc) is 3.20. The highest BCUT2D eigenvalue weighted by molar-refractivity contribution is 7.47. The lowest BCUT2D eigenvalue weighted by Gasteiger charge is -2.24. The van der Waals surface area contributed by atoms with Crippen LogP contribution in [-0.4, -0.2) is 75.6 Å². The Morgan fingerprint density at radius 2 is 0.967 bits per heavy atom. The molecule has 0 aliphatic carbocycles. The molecular weight excluding hydrogens is 770 g/mol. The first-order chi connectivity index (χ1) is 29.1. The molecule has 0 amide bonds. The van der Waals surface area contributed by atoms with Gasteiger partial charge in [-0.25, -0.2) is 4.57 Å². The molecule has 0 heterocycles. The van der Waals surface area contributed by atoms with E-state index in [1.165, 1.54) is 19.3 Å². The van der Waals surface area contributed by atoms with Crippen molar-refractivity contribution in [3.63, 3.8) is 0 Å². The van der Waals surface area contributed by atoms with Crippen LogP contribution in [0.1, 0.15) is 149 Å². The highest BCUT2D eigenvalue weighted by Crippen LogP contribution is 2.43. The van der Waals surface area contributed by atoms with Crippen LogP contribution in [0.25, 0.3) is 0 Å². The molecule has 342 valence electrons. The minimum atomic E-state index is -4.30. The van der Waals surface area contributed by atoms with Gasteiger partial charge in [0.2, 0.25) is 0 Å². The van der Waals surface area contributed by atoms with Crippen molar-refractivity contribution in [1.29, 1.82) is 0 Å². The van der Waals surface area contributed by atoms with E-state index in [-0.39, 0.29) is 25.8 Å². The number of ether oxygens (including phenoxy) is 2. The van der Waals surface area contributed by atoms with Crippen molar-refractivity contribution in [2.24, 2.45) is 0 Å². The van der Waals surface area contributed by atoms with Crippen LogP contribution in [0.3, 0.4) is 0 Å². The van der Waals surface area contributed by atoms with Crippen molar-refractivity contribution in [2.45, 2.75) is 155 Å². The van der Waals surface area contributed by atoms with Crippen LogP contribution in [0.5, 0.6) is 0 Å². The number of unbranched alkanes of at least 4 members (excludes halogenated alkanes) is 9. The highest BCUT2D eigenvalue weighted by Gasteiger charge is 2.26. The fourth-order valence-corrected chi connectivity index (χ4v) is 6.23. The number of phosphoric acid groups is 1. The molecule has 2 unspecified atom stereocenters. The smallest absolute Gasteiger partial charge is 0.457 e. The summed E-state index contributed by atoms with van der Waals surface area (Å²) >= 11 is 0. The number of hydrogen-bond donors (Lipinski definition) is 1.